The van der Waals surface area contributed by atoms with E-state index in [1.807, 2.05) is 0 Å². The summed E-state index contributed by atoms with van der Waals surface area (Å²) in [6.07, 6.45) is 1.56. The fraction of sp³-hybridized carbons (Fsp3) is 0.167. The Morgan fingerprint density at radius 3 is 2.89 bits per heavy atom. The molecule has 98 valence electrons. The molecule has 2 heterocycles. The summed E-state index contributed by atoms with van der Waals surface area (Å²) in [6, 6.07) is 6.63. The van der Waals surface area contributed by atoms with Crippen LogP contribution in [0.2, 0.25) is 0 Å². The molecule has 2 aromatic heterocycles. The number of hydrogen-bond donors (Lipinski definition) is 1. The molecular formula is C12H12N4O3. The van der Waals surface area contributed by atoms with Crippen LogP contribution in [0.25, 0.3) is 0 Å². The first-order chi connectivity index (χ1) is 9.08. The zero-order chi connectivity index (χ0) is 13.8. The van der Waals surface area contributed by atoms with Crippen LogP contribution in [0.15, 0.2) is 30.5 Å². The highest BCUT2D eigenvalue weighted by Crippen LogP contribution is 2.25. The van der Waals surface area contributed by atoms with Crippen LogP contribution < -0.4 is 10.5 Å². The molecule has 0 aliphatic carbocycles. The van der Waals surface area contributed by atoms with Gasteiger partial charge in [-0.3, -0.25) is 0 Å². The molecule has 0 aromatic carbocycles. The van der Waals surface area contributed by atoms with Gasteiger partial charge in [0, 0.05) is 18.7 Å². The Hall–Kier alpha value is -2.70. The highest BCUT2D eigenvalue weighted by atomic mass is 16.6. The number of nitrogens with two attached hydrogens (primary N) is 1. The number of nitro groups is 1. The van der Waals surface area contributed by atoms with Crippen molar-refractivity contribution in [3.63, 3.8) is 0 Å². The summed E-state index contributed by atoms with van der Waals surface area (Å²) in [6.45, 7) is 1.78. The molecule has 2 N–H and O–H groups in total. The molecule has 2 rings (SSSR count). The number of aromatic nitrogens is 2. The molecule has 0 radical (unpaired) electrons. The summed E-state index contributed by atoms with van der Waals surface area (Å²) in [5, 5.41) is 10.9. The van der Waals surface area contributed by atoms with Crippen LogP contribution in [0.5, 0.6) is 5.75 Å². The molecule has 0 fully saturated rings. The van der Waals surface area contributed by atoms with Crippen molar-refractivity contribution < 1.29 is 9.66 Å². The molecule has 0 spiro atoms. The third-order valence-corrected chi connectivity index (χ3v) is 2.46. The minimum absolute atomic E-state index is 0.102. The van der Waals surface area contributed by atoms with Gasteiger partial charge in [0.2, 0.25) is 5.75 Å². The molecule has 0 aliphatic rings. The smallest absolute Gasteiger partial charge is 0.406 e. The molecule has 0 aliphatic heterocycles. The van der Waals surface area contributed by atoms with Gasteiger partial charge < -0.3 is 20.6 Å². The maximum absolute atomic E-state index is 10.9. The van der Waals surface area contributed by atoms with E-state index in [1.54, 1.807) is 31.3 Å². The lowest BCUT2D eigenvalue weighted by Crippen LogP contribution is -2.04. The third kappa shape index (κ3) is 2.95. The average molecular weight is 260 g/mol. The van der Waals surface area contributed by atoms with E-state index in [0.717, 1.165) is 0 Å². The van der Waals surface area contributed by atoms with E-state index in [9.17, 15) is 10.1 Å². The molecule has 0 saturated carbocycles. The molecule has 2 aromatic rings. The molecule has 19 heavy (non-hydrogen) atoms. The largest absolute Gasteiger partial charge is 0.481 e. The van der Waals surface area contributed by atoms with Crippen molar-refractivity contribution in [3.05, 3.63) is 51.8 Å². The van der Waals surface area contributed by atoms with Gasteiger partial charge in [0.15, 0.2) is 0 Å². The van der Waals surface area contributed by atoms with Crippen molar-refractivity contribution in [2.24, 2.45) is 0 Å². The standard InChI is InChI=1S/C12H12N4O3/c1-8-4-5-10(12(15-8)16(17)18)19-7-9-3-2-6-14-11(9)13/h2-6H,7H2,1H3,(H2,13,14). The van der Waals surface area contributed by atoms with Gasteiger partial charge in [0.25, 0.3) is 0 Å². The summed E-state index contributed by atoms with van der Waals surface area (Å²) < 4.78 is 5.40. The second-order valence-corrected chi connectivity index (χ2v) is 3.87. The van der Waals surface area contributed by atoms with Crippen molar-refractivity contribution >= 4 is 11.6 Å². The second-order valence-electron chi connectivity index (χ2n) is 3.87. The Morgan fingerprint density at radius 2 is 2.21 bits per heavy atom. The van der Waals surface area contributed by atoms with Gasteiger partial charge in [0.05, 0.1) is 0 Å². The molecule has 0 bridgehead atoms. The van der Waals surface area contributed by atoms with E-state index in [4.69, 9.17) is 10.5 Å². The number of aryl methyl sites for hydroxylation is 1. The van der Waals surface area contributed by atoms with Gasteiger partial charge in [-0.25, -0.2) is 4.98 Å². The SMILES string of the molecule is Cc1ccc(OCc2cccnc2N)c([N+](=O)[O-])n1. The monoisotopic (exact) mass is 260 g/mol. The number of ether oxygens (including phenoxy) is 1. The normalized spacial score (nSPS) is 10.2. The lowest BCUT2D eigenvalue weighted by atomic mass is 10.3. The molecule has 0 saturated heterocycles. The highest BCUT2D eigenvalue weighted by molar-refractivity contribution is 5.42. The predicted molar refractivity (Wildman–Crippen MR) is 68.6 cm³/mol. The van der Waals surface area contributed by atoms with Gasteiger partial charge >= 0.3 is 5.82 Å². The van der Waals surface area contributed by atoms with Crippen LogP contribution in [-0.4, -0.2) is 14.9 Å². The van der Waals surface area contributed by atoms with Crippen molar-refractivity contribution in [1.29, 1.82) is 0 Å². The van der Waals surface area contributed by atoms with Crippen LogP contribution in [0.1, 0.15) is 11.3 Å². The molecule has 0 unspecified atom stereocenters. The highest BCUT2D eigenvalue weighted by Gasteiger charge is 2.17. The minimum Gasteiger partial charge on any atom is -0.481 e. The summed E-state index contributed by atoms with van der Waals surface area (Å²) in [4.78, 5) is 18.1. The van der Waals surface area contributed by atoms with Gasteiger partial charge in [-0.15, -0.1) is 0 Å². The van der Waals surface area contributed by atoms with Crippen LogP contribution >= 0.6 is 0 Å². The molecule has 0 atom stereocenters. The zero-order valence-corrected chi connectivity index (χ0v) is 10.2. The second kappa shape index (κ2) is 5.30. The number of pyridine rings is 2. The average Bonchev–Trinajstić information content (AvgIpc) is 2.38. The Morgan fingerprint density at radius 1 is 1.42 bits per heavy atom. The lowest BCUT2D eigenvalue weighted by molar-refractivity contribution is -0.390. The van der Waals surface area contributed by atoms with Crippen molar-refractivity contribution in [2.75, 3.05) is 5.73 Å². The van der Waals surface area contributed by atoms with Crippen LogP contribution in [0.4, 0.5) is 11.6 Å². The summed E-state index contributed by atoms with van der Waals surface area (Å²) >= 11 is 0. The van der Waals surface area contributed by atoms with Crippen LogP contribution in [0, 0.1) is 17.0 Å². The Balaban J connectivity index is 2.20. The van der Waals surface area contributed by atoms with Gasteiger partial charge in [-0.2, -0.15) is 0 Å². The molecular weight excluding hydrogens is 248 g/mol. The van der Waals surface area contributed by atoms with Gasteiger partial charge in [-0.1, -0.05) is 6.07 Å². The number of hydrogen-bond acceptors (Lipinski definition) is 6. The molecule has 0 amide bonds. The first kappa shape index (κ1) is 12.7. The lowest BCUT2D eigenvalue weighted by Gasteiger charge is -2.07. The van der Waals surface area contributed by atoms with Crippen molar-refractivity contribution in [1.82, 2.24) is 9.97 Å². The van der Waals surface area contributed by atoms with E-state index in [-0.39, 0.29) is 18.2 Å². The van der Waals surface area contributed by atoms with Crippen LogP contribution in [0.3, 0.4) is 0 Å². The van der Waals surface area contributed by atoms with Gasteiger partial charge in [0.1, 0.15) is 18.1 Å². The molecule has 7 heteroatoms. The number of anilines is 1. The topological polar surface area (TPSA) is 104 Å². The maximum Gasteiger partial charge on any atom is 0.406 e. The summed E-state index contributed by atoms with van der Waals surface area (Å²) in [5.74, 6) is 0.145. The summed E-state index contributed by atoms with van der Waals surface area (Å²) in [7, 11) is 0. The van der Waals surface area contributed by atoms with E-state index in [2.05, 4.69) is 9.97 Å². The minimum atomic E-state index is -0.574. The quantitative estimate of drug-likeness (QED) is 0.664. The van der Waals surface area contributed by atoms with E-state index >= 15 is 0 Å². The third-order valence-electron chi connectivity index (χ3n) is 2.46. The summed E-state index contributed by atoms with van der Waals surface area (Å²) in [5.41, 5.74) is 6.89. The number of nitrogens with zero attached hydrogens (tertiary/aromatic N) is 3. The van der Waals surface area contributed by atoms with E-state index in [1.165, 1.54) is 6.07 Å². The van der Waals surface area contributed by atoms with Crippen molar-refractivity contribution in [3.8, 4) is 5.75 Å². The number of nitrogen functional groups attached to an aromatic ring is 1. The fourth-order valence-corrected chi connectivity index (χ4v) is 1.50. The van der Waals surface area contributed by atoms with E-state index in [0.29, 0.717) is 17.1 Å². The fourth-order valence-electron chi connectivity index (χ4n) is 1.50. The predicted octanol–water partition coefficient (Wildman–Crippen LogP) is 1.85. The first-order valence-corrected chi connectivity index (χ1v) is 5.52. The van der Waals surface area contributed by atoms with Gasteiger partial charge in [-0.05, 0) is 28.1 Å². The molecule has 7 nitrogen and oxygen atoms in total. The Labute approximate surface area is 109 Å². The zero-order valence-electron chi connectivity index (χ0n) is 10.2. The first-order valence-electron chi connectivity index (χ1n) is 5.52. The van der Waals surface area contributed by atoms with Crippen molar-refractivity contribution in [2.45, 2.75) is 13.5 Å². The van der Waals surface area contributed by atoms with E-state index < -0.39 is 4.92 Å². The Bertz CT molecular complexity index is 616. The Kier molecular flexibility index (Phi) is 3.56. The number of rotatable bonds is 4. The maximum atomic E-state index is 10.9. The van der Waals surface area contributed by atoms with Crippen LogP contribution in [-0.2, 0) is 6.61 Å².